The fourth-order valence-corrected chi connectivity index (χ4v) is 9.28. The van der Waals surface area contributed by atoms with Gasteiger partial charge in [-0.1, -0.05) is 157 Å². The van der Waals surface area contributed by atoms with Crippen LogP contribution in [0.4, 0.5) is 17.1 Å². The molecule has 0 saturated heterocycles. The molecule has 3 aromatic carbocycles. The first-order valence-electron chi connectivity index (χ1n) is 25.8. The number of allylic oxidation sites excluding steroid dienone is 1. The molecule has 1 aliphatic carbocycles. The normalized spacial score (nSPS) is 14.9. The van der Waals surface area contributed by atoms with Gasteiger partial charge in [0.05, 0.1) is 22.0 Å². The summed E-state index contributed by atoms with van der Waals surface area (Å²) >= 11 is 0. The van der Waals surface area contributed by atoms with Crippen molar-refractivity contribution >= 4 is 54.9 Å². The number of carbonyl (C=O) groups is 1. The fourth-order valence-electron chi connectivity index (χ4n) is 7.92. The summed E-state index contributed by atoms with van der Waals surface area (Å²) in [5.41, 5.74) is 3.52. The molecule has 0 bridgehead atoms. The zero-order valence-electron chi connectivity index (χ0n) is 43.1. The van der Waals surface area contributed by atoms with Gasteiger partial charge < -0.3 is 10.6 Å². The highest BCUT2D eigenvalue weighted by atomic mass is 32.2. The van der Waals surface area contributed by atoms with Crippen LogP contribution in [0.2, 0.25) is 0 Å². The second-order valence-electron chi connectivity index (χ2n) is 18.2. The van der Waals surface area contributed by atoms with Crippen LogP contribution in [0, 0.1) is 23.7 Å². The Morgan fingerprint density at radius 2 is 0.957 bits per heavy atom. The molecule has 69 heavy (non-hydrogen) atoms. The molecule has 1 aliphatic rings. The summed E-state index contributed by atoms with van der Waals surface area (Å²) < 4.78 is 66.0. The Morgan fingerprint density at radius 3 is 1.33 bits per heavy atom. The van der Waals surface area contributed by atoms with E-state index in [4.69, 9.17) is 0 Å². The Morgan fingerprint density at radius 1 is 0.536 bits per heavy atom. The molecule has 386 valence electrons. The zero-order valence-corrected chi connectivity index (χ0v) is 44.7. The number of anilines is 1. The smallest absolute Gasteiger partial charge is 0.295 e. The second kappa shape index (κ2) is 34.2. The molecular weight excluding hydrogens is 909 g/mol. The summed E-state index contributed by atoms with van der Waals surface area (Å²) in [6.07, 6.45) is 24.1. The first-order chi connectivity index (χ1) is 33.1. The summed E-state index contributed by atoms with van der Waals surface area (Å²) in [5, 5.41) is 19.6. The van der Waals surface area contributed by atoms with Crippen molar-refractivity contribution in [2.75, 3.05) is 31.6 Å². The predicted octanol–water partition coefficient (Wildman–Crippen LogP) is 14.0. The van der Waals surface area contributed by atoms with Gasteiger partial charge in [0.2, 0.25) is 5.78 Å². The molecule has 0 fully saturated rings. The first-order valence-corrected chi connectivity index (χ1v) is 28.6. The molecule has 3 aromatic rings. The van der Waals surface area contributed by atoms with E-state index in [0.29, 0.717) is 23.1 Å². The van der Waals surface area contributed by atoms with E-state index >= 15 is 0 Å². The number of rotatable bonds is 30. The number of benzene rings is 3. The van der Waals surface area contributed by atoms with Gasteiger partial charge in [-0.3, -0.25) is 19.3 Å². The van der Waals surface area contributed by atoms with Gasteiger partial charge in [0.15, 0.2) is 0 Å². The maximum atomic E-state index is 12.5. The van der Waals surface area contributed by atoms with Crippen molar-refractivity contribution in [2.45, 2.75) is 168 Å². The molecule has 5 N–H and O–H groups in total. The molecule has 4 unspecified atom stereocenters. The Hall–Kier alpha value is -4.12. The number of azo groups is 1. The van der Waals surface area contributed by atoms with E-state index < -0.39 is 35.8 Å². The largest absolute Gasteiger partial charge is 0.316 e. The molecule has 0 spiro atoms. The highest BCUT2D eigenvalue weighted by Gasteiger charge is 2.30. The van der Waals surface area contributed by atoms with Crippen LogP contribution in [0.3, 0.4) is 0 Å². The third-order valence-corrected chi connectivity index (χ3v) is 14.4. The average Bonchev–Trinajstić information content (AvgIpc) is 3.34. The molecule has 0 saturated carbocycles. The number of hydrazone groups is 1. The molecule has 0 radical (unpaired) electrons. The second-order valence-corrected chi connectivity index (χ2v) is 21.0. The van der Waals surface area contributed by atoms with Gasteiger partial charge >= 0.3 is 0 Å². The third kappa shape index (κ3) is 24.0. The lowest BCUT2D eigenvalue weighted by atomic mass is 9.94. The van der Waals surface area contributed by atoms with Crippen molar-refractivity contribution in [3.8, 4) is 0 Å². The van der Waals surface area contributed by atoms with E-state index in [2.05, 4.69) is 86.8 Å². The van der Waals surface area contributed by atoms with Crippen molar-refractivity contribution in [1.29, 1.82) is 0 Å². The van der Waals surface area contributed by atoms with E-state index in [0.717, 1.165) is 41.9 Å². The van der Waals surface area contributed by atoms with Crippen molar-refractivity contribution in [3.63, 3.8) is 0 Å². The molecular formula is C54H86N6O7S2. The first kappa shape index (κ1) is 61.0. The van der Waals surface area contributed by atoms with Gasteiger partial charge in [-0.2, -0.15) is 32.2 Å². The van der Waals surface area contributed by atoms with Gasteiger partial charge in [-0.05, 0) is 136 Å². The topological polar surface area (TPSA) is 199 Å². The minimum absolute atomic E-state index is 0.0513. The molecule has 4 atom stereocenters. The molecule has 0 amide bonds. The van der Waals surface area contributed by atoms with Gasteiger partial charge in [0, 0.05) is 5.56 Å². The summed E-state index contributed by atoms with van der Waals surface area (Å²) in [6.45, 7) is 23.4. The summed E-state index contributed by atoms with van der Waals surface area (Å²) in [5.74, 6) is 2.91. The number of nitrogens with zero attached hydrogens (tertiary/aromatic N) is 3. The predicted molar refractivity (Wildman–Crippen MR) is 286 cm³/mol. The van der Waals surface area contributed by atoms with Gasteiger partial charge in [-0.25, -0.2) is 0 Å². The third-order valence-electron chi connectivity index (χ3n) is 12.7. The molecule has 0 heterocycles. The van der Waals surface area contributed by atoms with Crippen molar-refractivity contribution in [2.24, 2.45) is 39.0 Å². The standard InChI is InChI=1S/C22H16N4O7S2.2C16H35N/c27-19-11-6-14-12-18(34(28,29)30)13-20(35(31,32)33)21(14)22(19)26-25-17-9-7-16(8-10-17)24-23-15-4-2-1-3-5-15;2*1-5-9-11-15(7-3)13-17-14-16(8-4)12-10-6-2/h1-13,25H,(H,28,29,30)(H,31,32,33);2*15-17H,5-14H2,1-4H3/b24-23?,26-22+;;. The van der Waals surface area contributed by atoms with Gasteiger partial charge in [0.1, 0.15) is 10.6 Å². The maximum absolute atomic E-state index is 12.5. The van der Waals surface area contributed by atoms with Crippen LogP contribution in [0.15, 0.2) is 97.9 Å². The van der Waals surface area contributed by atoms with E-state index in [-0.39, 0.29) is 16.8 Å². The Labute approximate surface area is 416 Å². The number of hydrogen-bond donors (Lipinski definition) is 5. The van der Waals surface area contributed by atoms with Crippen molar-refractivity contribution < 1.29 is 30.7 Å². The number of unbranched alkanes of at least 4 members (excludes halogenated alkanes) is 4. The van der Waals surface area contributed by atoms with Gasteiger partial charge in [-0.15, -0.1) is 0 Å². The van der Waals surface area contributed by atoms with Crippen LogP contribution in [0.25, 0.3) is 6.08 Å². The zero-order chi connectivity index (χ0) is 51.1. The van der Waals surface area contributed by atoms with E-state index in [9.17, 15) is 30.7 Å². The van der Waals surface area contributed by atoms with Crippen LogP contribution in [0.1, 0.15) is 169 Å². The quantitative estimate of drug-likeness (QED) is 0.0243. The van der Waals surface area contributed by atoms with Crippen LogP contribution in [-0.4, -0.2) is 63.6 Å². The van der Waals surface area contributed by atoms with E-state index in [1.165, 1.54) is 129 Å². The highest BCUT2D eigenvalue weighted by molar-refractivity contribution is 7.86. The lowest BCUT2D eigenvalue weighted by molar-refractivity contribution is -0.108. The van der Waals surface area contributed by atoms with E-state index in [1.807, 2.05) is 18.2 Å². The van der Waals surface area contributed by atoms with Crippen LogP contribution < -0.4 is 16.1 Å². The monoisotopic (exact) mass is 995 g/mol. The number of carbonyl (C=O) groups excluding carboxylic acids is 1. The molecule has 0 aromatic heterocycles. The van der Waals surface area contributed by atoms with Crippen molar-refractivity contribution in [3.05, 3.63) is 83.9 Å². The molecule has 13 nitrogen and oxygen atoms in total. The lowest BCUT2D eigenvalue weighted by Gasteiger charge is -2.19. The van der Waals surface area contributed by atoms with Crippen LogP contribution in [0.5, 0.6) is 0 Å². The van der Waals surface area contributed by atoms with Crippen LogP contribution in [-0.2, 0) is 25.0 Å². The molecule has 4 rings (SSSR count). The summed E-state index contributed by atoms with van der Waals surface area (Å²) in [7, 11) is -9.79. The van der Waals surface area contributed by atoms with Crippen LogP contribution >= 0.6 is 0 Å². The number of ketones is 1. The van der Waals surface area contributed by atoms with E-state index in [1.54, 1.807) is 36.4 Å². The molecule has 0 aliphatic heterocycles. The number of fused-ring (bicyclic) bond motifs is 1. The Balaban J connectivity index is 0.000000404. The molecule has 15 heteroatoms. The minimum Gasteiger partial charge on any atom is -0.316 e. The highest BCUT2D eigenvalue weighted by Crippen LogP contribution is 2.30. The maximum Gasteiger partial charge on any atom is 0.295 e. The lowest BCUT2D eigenvalue weighted by Crippen LogP contribution is -2.28. The summed E-state index contributed by atoms with van der Waals surface area (Å²) in [4.78, 5) is 10.8. The Kier molecular flexibility index (Phi) is 30.3. The summed E-state index contributed by atoms with van der Waals surface area (Å²) in [6, 6.07) is 17.1. The Bertz CT molecular complexity index is 2150. The average molecular weight is 995 g/mol. The van der Waals surface area contributed by atoms with Crippen molar-refractivity contribution in [1.82, 2.24) is 10.6 Å². The number of nitrogens with one attached hydrogen (secondary N) is 3. The minimum atomic E-state index is -4.99. The number of hydrogen-bond acceptors (Lipinski definition) is 11. The SMILES string of the molecule is CCCCC(CC)CNCC(CC)CCCC.CCCCC(CC)CNCC(CC)CCCC.O=C1C=Cc2cc(S(=O)(=O)O)cc(S(=O)(=O)O)c2/C1=N/Nc1ccc(N=Nc2ccccc2)cc1. The van der Waals surface area contributed by atoms with Gasteiger partial charge in [0.25, 0.3) is 20.2 Å². The fraction of sp³-hybridized carbons (Fsp3) is 0.593.